The zero-order valence-electron chi connectivity index (χ0n) is 38.2. The largest absolute Gasteiger partial charge is 0.457 e. The van der Waals surface area contributed by atoms with Gasteiger partial charge in [0.15, 0.2) is 11.6 Å². The molecule has 9 rings (SSSR count). The van der Waals surface area contributed by atoms with Crippen molar-refractivity contribution in [1.29, 1.82) is 0 Å². The Morgan fingerprint density at radius 1 is 0.443 bits per heavy atom. The molecule has 0 N–H and O–H groups in total. The van der Waals surface area contributed by atoms with E-state index in [1.807, 2.05) is 159 Å². The van der Waals surface area contributed by atoms with Crippen LogP contribution in [0.1, 0.15) is 85.9 Å². The molecule has 10 heteroatoms. The van der Waals surface area contributed by atoms with Crippen LogP contribution in [0.15, 0.2) is 222 Å². The van der Waals surface area contributed by atoms with E-state index in [2.05, 4.69) is 13.2 Å². The summed E-state index contributed by atoms with van der Waals surface area (Å²) in [4.78, 5) is 64.1. The first-order valence-electron chi connectivity index (χ1n) is 22.3. The van der Waals surface area contributed by atoms with Crippen molar-refractivity contribution in [2.24, 2.45) is 0 Å². The van der Waals surface area contributed by atoms with E-state index in [1.54, 1.807) is 36.4 Å². The molecule has 1 aliphatic carbocycles. The first-order chi connectivity index (χ1) is 34.1. The maximum Gasteiger partial charge on any atom is 0.339 e. The Balaban J connectivity index is 1.12. The van der Waals surface area contributed by atoms with E-state index < -0.39 is 11.9 Å². The molecule has 70 heavy (non-hydrogen) atoms. The van der Waals surface area contributed by atoms with Crippen LogP contribution in [0.2, 0.25) is 0 Å². The van der Waals surface area contributed by atoms with Crippen molar-refractivity contribution in [3.8, 4) is 0 Å². The highest BCUT2D eigenvalue weighted by Gasteiger charge is 2.38. The van der Waals surface area contributed by atoms with Gasteiger partial charge in [-0.25, -0.2) is 9.59 Å². The summed E-state index contributed by atoms with van der Waals surface area (Å²) in [5.41, 5.74) is 7.52. The molecule has 344 valence electrons. The maximum atomic E-state index is 15.8. The van der Waals surface area contributed by atoms with Crippen molar-refractivity contribution < 1.29 is 28.7 Å². The van der Waals surface area contributed by atoms with Crippen LogP contribution < -0.4 is 0 Å². The number of ketones is 2. The number of hydrogen-bond donors (Lipinski definition) is 0. The summed E-state index contributed by atoms with van der Waals surface area (Å²) in [5, 5.41) is 0. The fourth-order valence-electron chi connectivity index (χ4n) is 7.73. The summed E-state index contributed by atoms with van der Waals surface area (Å²) in [5.74, 6) is -1.58. The van der Waals surface area contributed by atoms with Gasteiger partial charge in [0.2, 0.25) is 0 Å². The topological polar surface area (TPSA) is 86.7 Å². The number of aryl methyl sites for hydroxylation is 2. The molecule has 0 saturated carbocycles. The average Bonchev–Trinajstić information content (AvgIpc) is 3.39. The van der Waals surface area contributed by atoms with Crippen LogP contribution in [0.5, 0.6) is 0 Å². The van der Waals surface area contributed by atoms with E-state index in [4.69, 9.17) is 9.47 Å². The predicted molar refractivity (Wildman–Crippen MR) is 283 cm³/mol. The Morgan fingerprint density at radius 3 is 1.39 bits per heavy atom. The van der Waals surface area contributed by atoms with Crippen LogP contribution in [0.25, 0.3) is 12.2 Å². The third-order valence-electron chi connectivity index (χ3n) is 11.5. The molecule has 0 heterocycles. The first kappa shape index (κ1) is 48.0. The molecule has 0 spiro atoms. The van der Waals surface area contributed by atoms with Gasteiger partial charge in [-0.15, -0.1) is 0 Å². The van der Waals surface area contributed by atoms with Crippen molar-refractivity contribution in [1.82, 2.24) is 0 Å². The molecule has 0 aromatic heterocycles. The van der Waals surface area contributed by atoms with Gasteiger partial charge in [0, 0.05) is 67.0 Å². The summed E-state index contributed by atoms with van der Waals surface area (Å²) in [7, 11) is 0. The fraction of sp³-hybridized carbons (Fsp3) is 0.0667. The minimum absolute atomic E-state index is 0.0136. The third-order valence-corrected chi connectivity index (χ3v) is 16.0. The van der Waals surface area contributed by atoms with Crippen molar-refractivity contribution in [2.75, 3.05) is 0 Å². The lowest BCUT2D eigenvalue weighted by Gasteiger charge is -2.26. The van der Waals surface area contributed by atoms with Gasteiger partial charge in [-0.1, -0.05) is 174 Å². The van der Waals surface area contributed by atoms with E-state index in [9.17, 15) is 9.59 Å². The predicted octanol–water partition coefficient (Wildman–Crippen LogP) is 15.7. The van der Waals surface area contributed by atoms with Gasteiger partial charge in [-0.2, -0.15) is 0 Å². The quantitative estimate of drug-likeness (QED) is 0.0872. The third kappa shape index (κ3) is 10.7. The Morgan fingerprint density at radius 2 is 0.871 bits per heavy atom. The second-order valence-corrected chi connectivity index (χ2v) is 20.7. The van der Waals surface area contributed by atoms with Crippen LogP contribution in [-0.4, -0.2) is 23.5 Å². The standard InChI is InChI=1S/C60H44O6S4/c1-5-39-19-21-41(22-20-39)35-65-60(64)46-12-8-10-14-48(46)70-52-34-32-50(68-45-29-17-38(4)18-30-45)54-56(52)58(62)53-49(67-44-27-15-37(3)16-28-44)31-33-51(55(53)57(54)61)69-47-13-9-7-11-43(47)36-66-59(63)42-25-23-40(6-2)24-26-42/h5-34H,1-2,35-36H2,3-4H3. The second-order valence-electron chi connectivity index (χ2n) is 16.3. The van der Waals surface area contributed by atoms with Crippen molar-refractivity contribution >= 4 is 82.7 Å². The Kier molecular flexibility index (Phi) is 14.9. The molecule has 1 aliphatic rings. The van der Waals surface area contributed by atoms with Gasteiger partial charge in [-0.05, 0) is 109 Å². The molecular weight excluding hydrogens is 945 g/mol. The Hall–Kier alpha value is -7.08. The molecular formula is C60H44O6S4. The second kappa shape index (κ2) is 21.7. The van der Waals surface area contributed by atoms with Gasteiger partial charge < -0.3 is 9.47 Å². The van der Waals surface area contributed by atoms with Crippen molar-refractivity contribution in [3.63, 3.8) is 0 Å². The molecule has 8 aromatic rings. The lowest BCUT2D eigenvalue weighted by molar-refractivity contribution is 0.0460. The first-order valence-corrected chi connectivity index (χ1v) is 25.6. The number of ether oxygens (including phenoxy) is 2. The zero-order chi connectivity index (χ0) is 48.7. The van der Waals surface area contributed by atoms with Gasteiger partial charge in [0.1, 0.15) is 13.2 Å². The molecule has 0 unspecified atom stereocenters. The smallest absolute Gasteiger partial charge is 0.339 e. The van der Waals surface area contributed by atoms with E-state index in [1.165, 1.54) is 47.0 Å². The number of carbonyl (C=O) groups is 4. The summed E-state index contributed by atoms with van der Waals surface area (Å²) >= 11 is 5.46. The monoisotopic (exact) mass is 988 g/mol. The normalized spacial score (nSPS) is 11.6. The van der Waals surface area contributed by atoms with E-state index in [0.717, 1.165) is 48.1 Å². The Bertz CT molecular complexity index is 3320. The average molecular weight is 989 g/mol. The summed E-state index contributed by atoms with van der Waals surface area (Å²) in [6.45, 7) is 11.7. The lowest BCUT2D eigenvalue weighted by atomic mass is 9.84. The van der Waals surface area contributed by atoms with Crippen LogP contribution >= 0.6 is 47.0 Å². The molecule has 0 amide bonds. The van der Waals surface area contributed by atoms with Gasteiger partial charge in [0.25, 0.3) is 0 Å². The van der Waals surface area contributed by atoms with E-state index in [-0.39, 0.29) is 30.3 Å². The van der Waals surface area contributed by atoms with E-state index >= 15 is 9.59 Å². The number of fused-ring (bicyclic) bond motifs is 2. The lowest BCUT2D eigenvalue weighted by Crippen LogP contribution is -2.24. The summed E-state index contributed by atoms with van der Waals surface area (Å²) in [6.07, 6.45) is 3.46. The molecule has 0 fully saturated rings. The summed E-state index contributed by atoms with van der Waals surface area (Å²) < 4.78 is 11.7. The number of esters is 2. The maximum absolute atomic E-state index is 15.8. The van der Waals surface area contributed by atoms with Crippen molar-refractivity contribution in [2.45, 2.75) is 66.2 Å². The number of carbonyl (C=O) groups excluding carboxylic acids is 4. The molecule has 0 radical (unpaired) electrons. The minimum atomic E-state index is -0.514. The number of benzene rings is 8. The highest BCUT2D eigenvalue weighted by Crippen LogP contribution is 2.49. The van der Waals surface area contributed by atoms with Crippen LogP contribution in [0.3, 0.4) is 0 Å². The van der Waals surface area contributed by atoms with Gasteiger partial charge >= 0.3 is 11.9 Å². The van der Waals surface area contributed by atoms with Gasteiger partial charge in [-0.3, -0.25) is 9.59 Å². The van der Waals surface area contributed by atoms with Crippen LogP contribution in [0.4, 0.5) is 0 Å². The van der Waals surface area contributed by atoms with Gasteiger partial charge in [0.05, 0.1) is 11.1 Å². The minimum Gasteiger partial charge on any atom is -0.457 e. The number of rotatable bonds is 16. The van der Waals surface area contributed by atoms with Crippen molar-refractivity contribution in [3.05, 3.63) is 250 Å². The fourth-order valence-corrected chi connectivity index (χ4v) is 11.8. The molecule has 8 aromatic carbocycles. The SMILES string of the molecule is C=Cc1ccc(COC(=O)c2ccccc2Sc2ccc(Sc3ccc(C)cc3)c3c2C(=O)c2c(Sc4ccc(C)cc4)ccc(Sc4ccccc4COC(=O)c4ccc(C=C)cc4)c2C3=O)cc1. The highest BCUT2D eigenvalue weighted by atomic mass is 32.2. The van der Waals surface area contributed by atoms with Crippen LogP contribution in [0, 0.1) is 13.8 Å². The zero-order valence-corrected chi connectivity index (χ0v) is 41.5. The molecule has 0 atom stereocenters. The molecule has 0 saturated heterocycles. The molecule has 0 bridgehead atoms. The summed E-state index contributed by atoms with van der Waals surface area (Å²) in [6, 6.07) is 53.0. The van der Waals surface area contributed by atoms with Crippen LogP contribution in [-0.2, 0) is 22.7 Å². The van der Waals surface area contributed by atoms with E-state index in [0.29, 0.717) is 52.3 Å². The molecule has 0 aliphatic heterocycles. The number of hydrogen-bond acceptors (Lipinski definition) is 10. The highest BCUT2D eigenvalue weighted by molar-refractivity contribution is 8.00. The Labute approximate surface area is 424 Å². The molecule has 6 nitrogen and oxygen atoms in total.